The van der Waals surface area contributed by atoms with Gasteiger partial charge in [0.25, 0.3) is 5.69 Å². The largest absolute Gasteiger partial charge is 0.497 e. The maximum Gasteiger partial charge on any atom is 0.269 e. The summed E-state index contributed by atoms with van der Waals surface area (Å²) in [5.74, 6) is 1.35. The van der Waals surface area contributed by atoms with E-state index < -0.39 is 11.0 Å². The van der Waals surface area contributed by atoms with E-state index in [1.54, 1.807) is 19.2 Å². The molecule has 0 spiro atoms. The van der Waals surface area contributed by atoms with Crippen molar-refractivity contribution in [2.24, 2.45) is 5.41 Å². The maximum atomic E-state index is 13.1. The zero-order valence-electron chi connectivity index (χ0n) is 16.7. The Kier molecular flexibility index (Phi) is 4.65. The fraction of sp³-hybridized carbons (Fsp3) is 0.348. The summed E-state index contributed by atoms with van der Waals surface area (Å²) in [6.07, 6.45) is 0.783. The number of methoxy groups -OCH3 is 1. The summed E-state index contributed by atoms with van der Waals surface area (Å²) in [7, 11) is 1.61. The standard InChI is InChI=1S/C23H23NO5/c1-23(2)12-18(25)21-19(13-23)29-22(15-4-8-16(9-5-15)24(26)27)20(21)14-6-10-17(28-3)11-7-14/h4-11,20,22H,12-13H2,1-3H3/t20-,22+/m0/s1. The Hall–Kier alpha value is -3.15. The first kappa shape index (κ1) is 19.2. The number of non-ortho nitro benzene ring substituents is 1. The molecule has 2 aromatic rings. The molecule has 2 aliphatic rings. The lowest BCUT2D eigenvalue weighted by atomic mass is 9.72. The Bertz CT molecular complexity index is 989. The van der Waals surface area contributed by atoms with Crippen molar-refractivity contribution in [3.63, 3.8) is 0 Å². The molecular formula is C23H23NO5. The molecule has 150 valence electrons. The van der Waals surface area contributed by atoms with Crippen LogP contribution in [-0.4, -0.2) is 17.8 Å². The predicted octanol–water partition coefficient (Wildman–Crippen LogP) is 5.10. The molecule has 6 nitrogen and oxygen atoms in total. The van der Waals surface area contributed by atoms with E-state index in [4.69, 9.17) is 9.47 Å². The number of ketones is 1. The van der Waals surface area contributed by atoms with Gasteiger partial charge in [-0.15, -0.1) is 0 Å². The summed E-state index contributed by atoms with van der Waals surface area (Å²) in [6.45, 7) is 4.14. The Morgan fingerprint density at radius 2 is 1.66 bits per heavy atom. The summed E-state index contributed by atoms with van der Waals surface area (Å²) < 4.78 is 11.6. The highest BCUT2D eigenvalue weighted by molar-refractivity contribution is 5.99. The molecule has 1 heterocycles. The number of hydrogen-bond donors (Lipinski definition) is 0. The second-order valence-electron chi connectivity index (χ2n) is 8.42. The molecule has 1 aliphatic heterocycles. The quantitative estimate of drug-likeness (QED) is 0.533. The predicted molar refractivity (Wildman–Crippen MR) is 108 cm³/mol. The third-order valence-corrected chi connectivity index (χ3v) is 5.67. The van der Waals surface area contributed by atoms with Crippen LogP contribution in [0, 0.1) is 15.5 Å². The third-order valence-electron chi connectivity index (χ3n) is 5.67. The lowest BCUT2D eigenvalue weighted by Gasteiger charge is -2.29. The van der Waals surface area contributed by atoms with Crippen LogP contribution in [0.5, 0.6) is 5.75 Å². The van der Waals surface area contributed by atoms with E-state index in [0.29, 0.717) is 12.8 Å². The molecule has 0 amide bonds. The molecule has 29 heavy (non-hydrogen) atoms. The van der Waals surface area contributed by atoms with Gasteiger partial charge in [-0.05, 0) is 40.8 Å². The van der Waals surface area contributed by atoms with Gasteiger partial charge >= 0.3 is 0 Å². The van der Waals surface area contributed by atoms with Gasteiger partial charge in [-0.1, -0.05) is 26.0 Å². The summed E-state index contributed by atoms with van der Waals surface area (Å²) in [5, 5.41) is 11.0. The molecule has 0 bridgehead atoms. The molecule has 1 aliphatic carbocycles. The van der Waals surface area contributed by atoms with Crippen molar-refractivity contribution in [1.82, 2.24) is 0 Å². The number of ether oxygens (including phenoxy) is 2. The summed E-state index contributed by atoms with van der Waals surface area (Å²) in [6, 6.07) is 14.0. The minimum atomic E-state index is -0.421. The van der Waals surface area contributed by atoms with E-state index in [-0.39, 0.29) is 22.8 Å². The van der Waals surface area contributed by atoms with E-state index in [1.807, 2.05) is 24.3 Å². The van der Waals surface area contributed by atoms with Gasteiger partial charge in [-0.2, -0.15) is 0 Å². The van der Waals surface area contributed by atoms with Crippen molar-refractivity contribution in [3.8, 4) is 5.75 Å². The van der Waals surface area contributed by atoms with Crippen LogP contribution < -0.4 is 4.74 Å². The Balaban J connectivity index is 1.78. The monoisotopic (exact) mass is 393 g/mol. The van der Waals surface area contributed by atoms with Gasteiger partial charge in [0, 0.05) is 30.5 Å². The number of nitro benzene ring substituents is 1. The number of benzene rings is 2. The first-order valence-electron chi connectivity index (χ1n) is 9.60. The van der Waals surface area contributed by atoms with Gasteiger partial charge in [0.1, 0.15) is 17.6 Å². The smallest absolute Gasteiger partial charge is 0.269 e. The molecule has 2 atom stereocenters. The normalized spacial score (nSPS) is 22.8. The molecular weight excluding hydrogens is 370 g/mol. The molecule has 0 unspecified atom stereocenters. The van der Waals surface area contributed by atoms with E-state index in [0.717, 1.165) is 28.2 Å². The van der Waals surface area contributed by atoms with E-state index >= 15 is 0 Å². The second-order valence-corrected chi connectivity index (χ2v) is 8.42. The van der Waals surface area contributed by atoms with E-state index in [9.17, 15) is 14.9 Å². The number of carbonyl (C=O) groups is 1. The van der Waals surface area contributed by atoms with Gasteiger partial charge in [-0.3, -0.25) is 14.9 Å². The van der Waals surface area contributed by atoms with Gasteiger partial charge in [0.2, 0.25) is 0 Å². The average Bonchev–Trinajstić information content (AvgIpc) is 3.06. The highest BCUT2D eigenvalue weighted by Crippen LogP contribution is 2.54. The van der Waals surface area contributed by atoms with Crippen LogP contribution in [0.1, 0.15) is 49.8 Å². The topological polar surface area (TPSA) is 78.7 Å². The van der Waals surface area contributed by atoms with Crippen molar-refractivity contribution < 1.29 is 19.2 Å². The minimum absolute atomic E-state index is 0.0303. The summed E-state index contributed by atoms with van der Waals surface area (Å²) in [5.41, 5.74) is 2.40. The van der Waals surface area contributed by atoms with Crippen LogP contribution in [0.15, 0.2) is 59.9 Å². The van der Waals surface area contributed by atoms with Crippen molar-refractivity contribution in [3.05, 3.63) is 81.1 Å². The Morgan fingerprint density at radius 1 is 1.03 bits per heavy atom. The van der Waals surface area contributed by atoms with Crippen LogP contribution in [0.2, 0.25) is 0 Å². The molecule has 0 radical (unpaired) electrons. The van der Waals surface area contributed by atoms with E-state index in [2.05, 4.69) is 13.8 Å². The summed E-state index contributed by atoms with van der Waals surface area (Å²) >= 11 is 0. The number of rotatable bonds is 4. The summed E-state index contributed by atoms with van der Waals surface area (Å²) in [4.78, 5) is 23.7. The molecule has 2 aromatic carbocycles. The highest BCUT2D eigenvalue weighted by atomic mass is 16.6. The average molecular weight is 393 g/mol. The molecule has 0 saturated heterocycles. The SMILES string of the molecule is COc1ccc([C@H]2C3=C(CC(C)(C)CC3=O)O[C@@H]2c2ccc([N+](=O)[O-])cc2)cc1. The van der Waals surface area contributed by atoms with Gasteiger partial charge in [-0.25, -0.2) is 0 Å². The first-order chi connectivity index (χ1) is 13.8. The molecule has 0 saturated carbocycles. The fourth-order valence-corrected chi connectivity index (χ4v) is 4.30. The molecule has 0 aromatic heterocycles. The fourth-order valence-electron chi connectivity index (χ4n) is 4.30. The minimum Gasteiger partial charge on any atom is -0.497 e. The van der Waals surface area contributed by atoms with Gasteiger partial charge in [0.15, 0.2) is 5.78 Å². The Labute approximate surface area is 169 Å². The lowest BCUT2D eigenvalue weighted by Crippen LogP contribution is -2.26. The van der Waals surface area contributed by atoms with Crippen molar-refractivity contribution in [1.29, 1.82) is 0 Å². The molecule has 0 fully saturated rings. The molecule has 4 rings (SSSR count). The number of nitrogens with zero attached hydrogens (tertiary/aromatic N) is 1. The van der Waals surface area contributed by atoms with Crippen molar-refractivity contribution in [2.45, 2.75) is 38.7 Å². The van der Waals surface area contributed by atoms with Crippen LogP contribution >= 0.6 is 0 Å². The van der Waals surface area contributed by atoms with Gasteiger partial charge in [0.05, 0.1) is 18.0 Å². The maximum absolute atomic E-state index is 13.1. The van der Waals surface area contributed by atoms with E-state index in [1.165, 1.54) is 12.1 Å². The third kappa shape index (κ3) is 3.50. The number of allylic oxidation sites excluding steroid dienone is 1. The highest BCUT2D eigenvalue weighted by Gasteiger charge is 2.46. The van der Waals surface area contributed by atoms with Crippen LogP contribution in [-0.2, 0) is 9.53 Å². The zero-order chi connectivity index (χ0) is 20.8. The molecule has 6 heteroatoms. The number of nitro groups is 1. The van der Waals surface area contributed by atoms with Crippen molar-refractivity contribution in [2.75, 3.05) is 7.11 Å². The Morgan fingerprint density at radius 3 is 2.24 bits per heavy atom. The lowest BCUT2D eigenvalue weighted by molar-refractivity contribution is -0.384. The second kappa shape index (κ2) is 7.03. The first-order valence-corrected chi connectivity index (χ1v) is 9.60. The van der Waals surface area contributed by atoms with Crippen molar-refractivity contribution >= 4 is 11.5 Å². The number of hydrogen-bond acceptors (Lipinski definition) is 5. The van der Waals surface area contributed by atoms with Crippen LogP contribution in [0.4, 0.5) is 5.69 Å². The van der Waals surface area contributed by atoms with Crippen LogP contribution in [0.25, 0.3) is 0 Å². The van der Waals surface area contributed by atoms with Crippen LogP contribution in [0.3, 0.4) is 0 Å². The van der Waals surface area contributed by atoms with Gasteiger partial charge < -0.3 is 9.47 Å². The zero-order valence-corrected chi connectivity index (χ0v) is 16.7. The molecule has 0 N–H and O–H groups in total. The number of Topliss-reactive ketones (excluding diaryl/α,β-unsaturated/α-hetero) is 1. The number of carbonyl (C=O) groups excluding carboxylic acids is 1.